The van der Waals surface area contributed by atoms with Gasteiger partial charge < -0.3 is 5.11 Å². The molecule has 0 saturated carbocycles. The lowest BCUT2D eigenvalue weighted by molar-refractivity contribution is 0.0765. The van der Waals surface area contributed by atoms with Crippen LogP contribution in [-0.2, 0) is 23.9 Å². The summed E-state index contributed by atoms with van der Waals surface area (Å²) in [5.74, 6) is 0. The second-order valence-corrected chi connectivity index (χ2v) is 10.9. The van der Waals surface area contributed by atoms with Crippen molar-refractivity contribution in [3.63, 3.8) is 0 Å². The van der Waals surface area contributed by atoms with Crippen molar-refractivity contribution in [1.29, 1.82) is 0 Å². The molecule has 0 spiro atoms. The van der Waals surface area contributed by atoms with Crippen molar-refractivity contribution in [3.8, 4) is 11.3 Å². The predicted octanol–water partition coefficient (Wildman–Crippen LogP) is 7.57. The van der Waals surface area contributed by atoms with E-state index >= 15 is 0 Å². The van der Waals surface area contributed by atoms with Gasteiger partial charge in [-0.3, -0.25) is 15.0 Å². The molecule has 2 unspecified atom stereocenters. The summed E-state index contributed by atoms with van der Waals surface area (Å²) < 4.78 is 0. The van der Waals surface area contributed by atoms with E-state index in [9.17, 15) is 5.11 Å². The maximum atomic E-state index is 12.1. The Kier molecular flexibility index (Phi) is 7.72. The third kappa shape index (κ3) is 5.63. The van der Waals surface area contributed by atoms with E-state index < -0.39 is 5.60 Å². The molecule has 0 amide bonds. The average molecular weight is 548 g/mol. The van der Waals surface area contributed by atoms with Gasteiger partial charge in [0, 0.05) is 41.9 Å². The van der Waals surface area contributed by atoms with Gasteiger partial charge >= 0.3 is 0 Å². The van der Waals surface area contributed by atoms with E-state index in [-0.39, 0.29) is 5.41 Å². The number of hydrogen-bond acceptors (Lipinski definition) is 4. The smallest absolute Gasteiger partial charge is 0.135 e. The fraction of sp³-hybridized carbons (Fsp3) is 0.132. The summed E-state index contributed by atoms with van der Waals surface area (Å²) in [4.78, 5) is 14.4. The van der Waals surface area contributed by atoms with Crippen molar-refractivity contribution in [2.75, 3.05) is 0 Å². The van der Waals surface area contributed by atoms with Gasteiger partial charge in [0.15, 0.2) is 0 Å². The second-order valence-electron chi connectivity index (χ2n) is 10.9. The normalized spacial score (nSPS) is 14.0. The standard InChI is InChI=1S/C38H33N3O/c1-37(31-16-4-2-5-17-31,35-22-8-10-24-39-35)28-33-20-13-21-34(41-33)30-15-12-14-29(26-30)27-38(42,32-18-6-3-7-19-32)36-23-9-11-25-40-36/h2-26,42H,27-28H2,1H3. The van der Waals surface area contributed by atoms with Crippen LogP contribution in [0.1, 0.15) is 40.7 Å². The molecule has 4 nitrogen and oxygen atoms in total. The van der Waals surface area contributed by atoms with Gasteiger partial charge in [-0.25, -0.2) is 0 Å². The van der Waals surface area contributed by atoms with Crippen molar-refractivity contribution >= 4 is 0 Å². The molecular formula is C38H33N3O. The molecule has 0 aliphatic heterocycles. The van der Waals surface area contributed by atoms with Crippen LogP contribution >= 0.6 is 0 Å². The molecule has 6 aromatic rings. The second kappa shape index (κ2) is 11.9. The van der Waals surface area contributed by atoms with Crippen LogP contribution in [0.15, 0.2) is 152 Å². The minimum Gasteiger partial charge on any atom is -0.378 e. The molecule has 0 saturated heterocycles. The molecule has 3 aromatic heterocycles. The minimum absolute atomic E-state index is 0.342. The van der Waals surface area contributed by atoms with Crippen LogP contribution in [-0.4, -0.2) is 20.1 Å². The highest BCUT2D eigenvalue weighted by Crippen LogP contribution is 2.35. The highest BCUT2D eigenvalue weighted by atomic mass is 16.3. The van der Waals surface area contributed by atoms with Gasteiger partial charge in [-0.1, -0.05) is 97.1 Å². The quantitative estimate of drug-likeness (QED) is 0.203. The molecule has 206 valence electrons. The molecule has 1 N–H and O–H groups in total. The van der Waals surface area contributed by atoms with Gasteiger partial charge in [0.2, 0.25) is 0 Å². The molecule has 0 aliphatic rings. The Balaban J connectivity index is 1.33. The summed E-state index contributed by atoms with van der Waals surface area (Å²) in [6.45, 7) is 2.24. The summed E-state index contributed by atoms with van der Waals surface area (Å²) in [6, 6.07) is 46.5. The third-order valence-corrected chi connectivity index (χ3v) is 8.01. The lowest BCUT2D eigenvalue weighted by atomic mass is 9.75. The Morgan fingerprint density at radius 2 is 1.19 bits per heavy atom. The van der Waals surface area contributed by atoms with Crippen LogP contribution in [0.2, 0.25) is 0 Å². The number of rotatable bonds is 9. The van der Waals surface area contributed by atoms with Crippen LogP contribution in [0.3, 0.4) is 0 Å². The molecule has 3 aromatic carbocycles. The first-order valence-electron chi connectivity index (χ1n) is 14.3. The third-order valence-electron chi connectivity index (χ3n) is 8.01. The number of nitrogens with zero attached hydrogens (tertiary/aromatic N) is 3. The van der Waals surface area contributed by atoms with E-state index in [1.54, 1.807) is 6.20 Å². The first-order valence-corrected chi connectivity index (χ1v) is 14.3. The molecule has 0 bridgehead atoms. The molecule has 0 radical (unpaired) electrons. The predicted molar refractivity (Wildman–Crippen MR) is 168 cm³/mol. The van der Waals surface area contributed by atoms with Crippen molar-refractivity contribution < 1.29 is 5.11 Å². The van der Waals surface area contributed by atoms with E-state index in [0.29, 0.717) is 18.5 Å². The zero-order valence-electron chi connectivity index (χ0n) is 23.6. The summed E-state index contributed by atoms with van der Waals surface area (Å²) >= 11 is 0. The zero-order valence-corrected chi connectivity index (χ0v) is 23.6. The highest BCUT2D eigenvalue weighted by molar-refractivity contribution is 5.60. The van der Waals surface area contributed by atoms with Gasteiger partial charge in [-0.15, -0.1) is 0 Å². The number of aliphatic hydroxyl groups is 1. The molecule has 2 atom stereocenters. The molecule has 6 rings (SSSR count). The largest absolute Gasteiger partial charge is 0.378 e. The van der Waals surface area contributed by atoms with Crippen molar-refractivity contribution in [2.45, 2.75) is 30.8 Å². The van der Waals surface area contributed by atoms with Crippen molar-refractivity contribution in [3.05, 3.63) is 186 Å². The fourth-order valence-corrected chi connectivity index (χ4v) is 5.73. The van der Waals surface area contributed by atoms with Crippen LogP contribution in [0.4, 0.5) is 0 Å². The SMILES string of the molecule is CC(Cc1cccc(-c2cccc(CC(O)(c3ccccc3)c3ccccn3)c2)n1)(c1ccccc1)c1ccccn1. The molecule has 0 fully saturated rings. The Morgan fingerprint density at radius 1 is 0.571 bits per heavy atom. The van der Waals surface area contributed by atoms with E-state index in [1.165, 1.54) is 5.56 Å². The van der Waals surface area contributed by atoms with Crippen LogP contribution < -0.4 is 0 Å². The molecule has 3 heterocycles. The van der Waals surface area contributed by atoms with E-state index in [0.717, 1.165) is 33.8 Å². The van der Waals surface area contributed by atoms with Crippen molar-refractivity contribution in [1.82, 2.24) is 15.0 Å². The Hall–Kier alpha value is -4.93. The molecule has 42 heavy (non-hydrogen) atoms. The number of pyridine rings is 3. The molecule has 4 heteroatoms. The minimum atomic E-state index is -1.27. The topological polar surface area (TPSA) is 58.9 Å². The maximum Gasteiger partial charge on any atom is 0.135 e. The van der Waals surface area contributed by atoms with Crippen molar-refractivity contribution in [2.24, 2.45) is 0 Å². The summed E-state index contributed by atoms with van der Waals surface area (Å²) in [7, 11) is 0. The van der Waals surface area contributed by atoms with E-state index in [2.05, 4.69) is 72.6 Å². The Bertz CT molecular complexity index is 1530. The van der Waals surface area contributed by atoms with Crippen LogP contribution in [0.5, 0.6) is 0 Å². The first kappa shape index (κ1) is 27.3. The number of aromatic nitrogens is 3. The van der Waals surface area contributed by atoms with Gasteiger partial charge in [-0.05, 0) is 66.1 Å². The van der Waals surface area contributed by atoms with Gasteiger partial charge in [0.05, 0.1) is 17.1 Å². The lowest BCUT2D eigenvalue weighted by Crippen LogP contribution is -2.31. The average Bonchev–Trinajstić information content (AvgIpc) is 3.06. The fourth-order valence-electron chi connectivity index (χ4n) is 5.73. The Morgan fingerprint density at radius 3 is 1.86 bits per heavy atom. The van der Waals surface area contributed by atoms with Crippen LogP contribution in [0, 0.1) is 0 Å². The lowest BCUT2D eigenvalue weighted by Gasteiger charge is -2.30. The first-order chi connectivity index (χ1) is 20.5. The highest BCUT2D eigenvalue weighted by Gasteiger charge is 2.34. The van der Waals surface area contributed by atoms with Gasteiger partial charge in [0.1, 0.15) is 5.60 Å². The molecular weight excluding hydrogens is 514 g/mol. The number of benzene rings is 3. The summed E-state index contributed by atoms with van der Waals surface area (Å²) in [6.07, 6.45) is 4.67. The Labute approximate surface area is 247 Å². The molecule has 0 aliphatic carbocycles. The van der Waals surface area contributed by atoms with E-state index in [1.807, 2.05) is 85.1 Å². The zero-order chi connectivity index (χ0) is 28.8. The maximum absolute atomic E-state index is 12.1. The summed E-state index contributed by atoms with van der Waals surface area (Å²) in [5, 5.41) is 12.1. The van der Waals surface area contributed by atoms with Gasteiger partial charge in [-0.2, -0.15) is 0 Å². The van der Waals surface area contributed by atoms with Crippen LogP contribution in [0.25, 0.3) is 11.3 Å². The monoisotopic (exact) mass is 547 g/mol. The number of hydrogen-bond donors (Lipinski definition) is 1. The van der Waals surface area contributed by atoms with Gasteiger partial charge in [0.25, 0.3) is 0 Å². The van der Waals surface area contributed by atoms with E-state index in [4.69, 9.17) is 9.97 Å². The summed E-state index contributed by atoms with van der Waals surface area (Å²) in [5.41, 5.74) is 5.93.